The lowest BCUT2D eigenvalue weighted by Gasteiger charge is -2.40. The van der Waals surface area contributed by atoms with Crippen LogP contribution in [0.2, 0.25) is 0 Å². The first kappa shape index (κ1) is 16.0. The lowest BCUT2D eigenvalue weighted by molar-refractivity contribution is -0.124. The second-order valence-electron chi connectivity index (χ2n) is 6.40. The van der Waals surface area contributed by atoms with Crippen LogP contribution in [0.4, 0.5) is 0 Å². The molecular formula is C15H27N3O. The van der Waals surface area contributed by atoms with Crippen molar-refractivity contribution in [2.24, 2.45) is 17.3 Å². The fourth-order valence-corrected chi connectivity index (χ4v) is 2.72. The zero-order valence-electron chi connectivity index (χ0n) is 12.7. The van der Waals surface area contributed by atoms with Crippen LogP contribution in [0.25, 0.3) is 0 Å². The van der Waals surface area contributed by atoms with E-state index < -0.39 is 5.92 Å². The normalized spacial score (nSPS) is 22.6. The summed E-state index contributed by atoms with van der Waals surface area (Å²) in [6.07, 6.45) is 3.03. The molecule has 4 nitrogen and oxygen atoms in total. The fourth-order valence-electron chi connectivity index (χ4n) is 2.72. The largest absolute Gasteiger partial charge is 0.354 e. The smallest absolute Gasteiger partial charge is 0.237 e. The summed E-state index contributed by atoms with van der Waals surface area (Å²) in [4.78, 5) is 14.2. The number of rotatable bonds is 5. The van der Waals surface area contributed by atoms with Crippen molar-refractivity contribution >= 4 is 5.91 Å². The SMILES string of the molecule is CCC(C#N)C(=O)NCC(C)(C)C1CCCN(C)C1. The van der Waals surface area contributed by atoms with E-state index in [0.717, 1.165) is 6.54 Å². The number of carbonyl (C=O) groups is 1. The number of likely N-dealkylation sites (tertiary alicyclic amines) is 1. The monoisotopic (exact) mass is 265 g/mol. The van der Waals surface area contributed by atoms with E-state index in [1.54, 1.807) is 0 Å². The lowest BCUT2D eigenvalue weighted by atomic mass is 9.74. The molecule has 0 radical (unpaired) electrons. The van der Waals surface area contributed by atoms with Crippen LogP contribution in [0.3, 0.4) is 0 Å². The minimum absolute atomic E-state index is 0.0814. The summed E-state index contributed by atoms with van der Waals surface area (Å²) < 4.78 is 0. The highest BCUT2D eigenvalue weighted by molar-refractivity contribution is 5.80. The van der Waals surface area contributed by atoms with Gasteiger partial charge in [0.2, 0.25) is 5.91 Å². The molecule has 1 aliphatic heterocycles. The maximum Gasteiger partial charge on any atom is 0.237 e. The molecule has 2 atom stereocenters. The van der Waals surface area contributed by atoms with Crippen LogP contribution in [0.5, 0.6) is 0 Å². The second-order valence-corrected chi connectivity index (χ2v) is 6.40. The topological polar surface area (TPSA) is 56.1 Å². The van der Waals surface area contributed by atoms with Gasteiger partial charge in [0.25, 0.3) is 0 Å². The summed E-state index contributed by atoms with van der Waals surface area (Å²) in [5, 5.41) is 11.8. The molecule has 2 unspecified atom stereocenters. The van der Waals surface area contributed by atoms with Crippen LogP contribution >= 0.6 is 0 Å². The Bertz CT molecular complexity index is 346. The number of carbonyl (C=O) groups excluding carboxylic acids is 1. The summed E-state index contributed by atoms with van der Waals surface area (Å²) in [6.45, 7) is 9.22. The molecule has 0 spiro atoms. The summed E-state index contributed by atoms with van der Waals surface area (Å²) in [5.74, 6) is -0.0271. The Hall–Kier alpha value is -1.08. The Morgan fingerprint density at radius 2 is 2.26 bits per heavy atom. The van der Waals surface area contributed by atoms with E-state index in [1.165, 1.54) is 19.4 Å². The van der Waals surface area contributed by atoms with Crippen molar-refractivity contribution < 1.29 is 4.79 Å². The van der Waals surface area contributed by atoms with E-state index in [9.17, 15) is 4.79 Å². The first-order chi connectivity index (χ1) is 8.90. The van der Waals surface area contributed by atoms with Crippen molar-refractivity contribution in [1.82, 2.24) is 10.2 Å². The average molecular weight is 265 g/mol. The molecule has 4 heteroatoms. The van der Waals surface area contributed by atoms with Gasteiger partial charge in [0.15, 0.2) is 0 Å². The molecule has 1 saturated heterocycles. The molecule has 1 fully saturated rings. The molecule has 19 heavy (non-hydrogen) atoms. The third-order valence-electron chi connectivity index (χ3n) is 4.33. The van der Waals surface area contributed by atoms with Gasteiger partial charge < -0.3 is 10.2 Å². The number of piperidine rings is 1. The molecule has 0 bridgehead atoms. The van der Waals surface area contributed by atoms with Crippen molar-refractivity contribution in [2.75, 3.05) is 26.7 Å². The minimum Gasteiger partial charge on any atom is -0.354 e. The zero-order valence-corrected chi connectivity index (χ0v) is 12.7. The minimum atomic E-state index is -0.509. The summed E-state index contributed by atoms with van der Waals surface area (Å²) in [7, 11) is 2.16. The molecule has 0 aromatic rings. The van der Waals surface area contributed by atoms with Crippen LogP contribution < -0.4 is 5.32 Å². The number of hydrogen-bond acceptors (Lipinski definition) is 3. The third-order valence-corrected chi connectivity index (χ3v) is 4.33. The second kappa shape index (κ2) is 6.91. The van der Waals surface area contributed by atoms with Gasteiger partial charge in [-0.15, -0.1) is 0 Å². The highest BCUT2D eigenvalue weighted by atomic mass is 16.1. The molecule has 1 amide bonds. The number of amides is 1. The first-order valence-electron chi connectivity index (χ1n) is 7.26. The van der Waals surface area contributed by atoms with E-state index in [1.807, 2.05) is 6.92 Å². The van der Waals surface area contributed by atoms with E-state index in [4.69, 9.17) is 5.26 Å². The van der Waals surface area contributed by atoms with Crippen LogP contribution in [0, 0.1) is 28.6 Å². The highest BCUT2D eigenvalue weighted by Gasteiger charge is 2.33. The fraction of sp³-hybridized carbons (Fsp3) is 0.867. The van der Waals surface area contributed by atoms with E-state index in [-0.39, 0.29) is 11.3 Å². The summed E-state index contributed by atoms with van der Waals surface area (Å²) in [6, 6.07) is 2.05. The van der Waals surface area contributed by atoms with Gasteiger partial charge in [-0.05, 0) is 44.2 Å². The molecule has 1 rings (SSSR count). The van der Waals surface area contributed by atoms with Gasteiger partial charge in [-0.2, -0.15) is 5.26 Å². The van der Waals surface area contributed by atoms with Crippen LogP contribution in [0.1, 0.15) is 40.0 Å². The maximum atomic E-state index is 11.9. The van der Waals surface area contributed by atoms with Crippen molar-refractivity contribution in [1.29, 1.82) is 5.26 Å². The van der Waals surface area contributed by atoms with Gasteiger partial charge in [0.05, 0.1) is 6.07 Å². The number of nitrogens with one attached hydrogen (secondary N) is 1. The van der Waals surface area contributed by atoms with Crippen LogP contribution in [-0.2, 0) is 4.79 Å². The van der Waals surface area contributed by atoms with Crippen molar-refractivity contribution in [3.8, 4) is 6.07 Å². The van der Waals surface area contributed by atoms with E-state index in [2.05, 4.69) is 37.2 Å². The molecule has 0 aromatic carbocycles. The summed E-state index contributed by atoms with van der Waals surface area (Å²) in [5.41, 5.74) is 0.0814. The van der Waals surface area contributed by atoms with E-state index in [0.29, 0.717) is 18.9 Å². The Labute approximate surface area is 117 Å². The lowest BCUT2D eigenvalue weighted by Crippen LogP contribution is -2.46. The maximum absolute atomic E-state index is 11.9. The highest BCUT2D eigenvalue weighted by Crippen LogP contribution is 2.33. The first-order valence-corrected chi connectivity index (χ1v) is 7.26. The van der Waals surface area contributed by atoms with Gasteiger partial charge >= 0.3 is 0 Å². The Kier molecular flexibility index (Phi) is 5.81. The van der Waals surface area contributed by atoms with Crippen LogP contribution in [0.15, 0.2) is 0 Å². The Morgan fingerprint density at radius 3 is 2.79 bits per heavy atom. The molecule has 0 saturated carbocycles. The molecule has 1 heterocycles. The predicted molar refractivity (Wildman–Crippen MR) is 76.4 cm³/mol. The molecule has 1 aliphatic rings. The quantitative estimate of drug-likeness (QED) is 0.827. The van der Waals surface area contributed by atoms with Gasteiger partial charge in [0, 0.05) is 13.1 Å². The Morgan fingerprint density at radius 1 is 1.58 bits per heavy atom. The number of nitriles is 1. The number of nitrogens with zero attached hydrogens (tertiary/aromatic N) is 2. The average Bonchev–Trinajstić information content (AvgIpc) is 2.38. The van der Waals surface area contributed by atoms with Gasteiger partial charge in [-0.1, -0.05) is 20.8 Å². The van der Waals surface area contributed by atoms with Crippen LogP contribution in [-0.4, -0.2) is 37.5 Å². The van der Waals surface area contributed by atoms with Gasteiger partial charge in [-0.3, -0.25) is 4.79 Å². The Balaban J connectivity index is 2.50. The molecule has 1 N–H and O–H groups in total. The predicted octanol–water partition coefficient (Wildman–Crippen LogP) is 2.02. The van der Waals surface area contributed by atoms with Crippen molar-refractivity contribution in [2.45, 2.75) is 40.0 Å². The van der Waals surface area contributed by atoms with Crippen molar-refractivity contribution in [3.63, 3.8) is 0 Å². The summed E-state index contributed by atoms with van der Waals surface area (Å²) >= 11 is 0. The molecule has 0 aromatic heterocycles. The van der Waals surface area contributed by atoms with Crippen molar-refractivity contribution in [3.05, 3.63) is 0 Å². The zero-order chi connectivity index (χ0) is 14.5. The van der Waals surface area contributed by atoms with E-state index >= 15 is 0 Å². The third kappa shape index (κ3) is 4.50. The number of hydrogen-bond donors (Lipinski definition) is 1. The molecule has 108 valence electrons. The molecule has 0 aliphatic carbocycles. The van der Waals surface area contributed by atoms with Gasteiger partial charge in [0.1, 0.15) is 5.92 Å². The van der Waals surface area contributed by atoms with Gasteiger partial charge in [-0.25, -0.2) is 0 Å². The molecular weight excluding hydrogens is 238 g/mol. The standard InChI is InChI=1S/C15H27N3O/c1-5-12(9-16)14(19)17-11-15(2,3)13-7-6-8-18(4)10-13/h12-13H,5-8,10-11H2,1-4H3,(H,17,19).